The van der Waals surface area contributed by atoms with Crippen LogP contribution in [-0.4, -0.2) is 99.6 Å². The molecule has 1 rings (SSSR count). The van der Waals surface area contributed by atoms with Crippen molar-refractivity contribution < 1.29 is 49.3 Å². The number of nitrogens with one attached hydrogen (secondary N) is 1. The van der Waals surface area contributed by atoms with E-state index in [1.807, 2.05) is 6.08 Å². The highest BCUT2D eigenvalue weighted by atomic mass is 16.7. The van der Waals surface area contributed by atoms with Gasteiger partial charge in [-0.3, -0.25) is 9.59 Å². The molecule has 446 valence electrons. The smallest absolute Gasteiger partial charge is 0.306 e. The standard InChI is InChI=1S/C66H117NO10/c1-4-7-10-13-16-19-22-25-27-29-31-32-35-38-41-44-47-50-53-59(70)65(74)67-57(58(69)52-49-46-43-40-37-34-24-21-18-15-12-9-6-3)56-75-66-64(63(73)62(72)60(55-68)76-66)77-61(71)54-51-48-45-42-39-36-33-30-28-26-23-20-17-14-11-8-5-2/h16,19,25-28,31-32,38,41,49,52,57-60,62-64,66,68-70,72-73H,4-15,17-18,20-24,29-30,33-37,39-40,42-48,50-51,53-56H2,1-3H3,(H,67,74)/b19-16-,27-25-,28-26+,32-31-,41-38-,52-49+. The molecule has 0 aromatic carbocycles. The highest BCUT2D eigenvalue weighted by molar-refractivity contribution is 5.80. The van der Waals surface area contributed by atoms with Crippen LogP contribution in [0.25, 0.3) is 0 Å². The van der Waals surface area contributed by atoms with E-state index >= 15 is 0 Å². The third kappa shape index (κ3) is 41.7. The zero-order chi connectivity index (χ0) is 56.1. The van der Waals surface area contributed by atoms with Crippen molar-refractivity contribution in [3.8, 4) is 0 Å². The van der Waals surface area contributed by atoms with Gasteiger partial charge in [0.2, 0.25) is 5.91 Å². The Bertz CT molecular complexity index is 1530. The lowest BCUT2D eigenvalue weighted by Gasteiger charge is -2.41. The largest absolute Gasteiger partial charge is 0.454 e. The summed E-state index contributed by atoms with van der Waals surface area (Å²) < 4.78 is 17.6. The van der Waals surface area contributed by atoms with Crippen LogP contribution >= 0.6 is 0 Å². The van der Waals surface area contributed by atoms with Gasteiger partial charge in [0.15, 0.2) is 12.4 Å². The van der Waals surface area contributed by atoms with Gasteiger partial charge in [-0.05, 0) is 96.3 Å². The molecule has 8 unspecified atom stereocenters. The second kappa shape index (κ2) is 53.7. The number of aliphatic hydroxyl groups excluding tert-OH is 5. The van der Waals surface area contributed by atoms with E-state index in [9.17, 15) is 35.1 Å². The first-order valence-corrected chi connectivity index (χ1v) is 31.7. The van der Waals surface area contributed by atoms with Crippen LogP contribution in [0.5, 0.6) is 0 Å². The number of unbranched alkanes of at least 4 members (excludes halogenated alkanes) is 29. The molecule has 1 amide bonds. The molecule has 1 saturated heterocycles. The van der Waals surface area contributed by atoms with Crippen molar-refractivity contribution >= 4 is 11.9 Å². The van der Waals surface area contributed by atoms with E-state index in [4.69, 9.17) is 14.2 Å². The number of rotatable bonds is 53. The van der Waals surface area contributed by atoms with E-state index in [-0.39, 0.29) is 19.4 Å². The summed E-state index contributed by atoms with van der Waals surface area (Å²) in [6, 6.07) is -1.04. The Morgan fingerprint density at radius 3 is 1.38 bits per heavy atom. The monoisotopic (exact) mass is 1080 g/mol. The first kappa shape index (κ1) is 72.1. The number of aliphatic hydroxyl groups is 5. The molecule has 0 aliphatic carbocycles. The number of carbonyl (C=O) groups excluding carboxylic acids is 2. The van der Waals surface area contributed by atoms with Crippen molar-refractivity contribution in [1.29, 1.82) is 0 Å². The summed E-state index contributed by atoms with van der Waals surface area (Å²) in [4.78, 5) is 26.6. The molecule has 1 aliphatic rings. The van der Waals surface area contributed by atoms with Gasteiger partial charge in [-0.2, -0.15) is 0 Å². The fourth-order valence-corrected chi connectivity index (χ4v) is 9.51. The molecular formula is C66H117NO10. The summed E-state index contributed by atoms with van der Waals surface area (Å²) in [6.45, 7) is 5.74. The van der Waals surface area contributed by atoms with E-state index in [0.717, 1.165) is 89.9 Å². The topological polar surface area (TPSA) is 175 Å². The highest BCUT2D eigenvalue weighted by Crippen LogP contribution is 2.26. The summed E-state index contributed by atoms with van der Waals surface area (Å²) in [7, 11) is 0. The van der Waals surface area contributed by atoms with Crippen LogP contribution in [0.4, 0.5) is 0 Å². The van der Waals surface area contributed by atoms with Crippen molar-refractivity contribution in [3.05, 3.63) is 72.9 Å². The van der Waals surface area contributed by atoms with E-state index in [1.54, 1.807) is 6.08 Å². The number of ether oxygens (including phenoxy) is 3. The van der Waals surface area contributed by atoms with Crippen LogP contribution in [0.3, 0.4) is 0 Å². The molecule has 1 heterocycles. The molecule has 0 saturated carbocycles. The summed E-state index contributed by atoms with van der Waals surface area (Å²) in [5.41, 5.74) is 0. The molecular weight excluding hydrogens is 967 g/mol. The Morgan fingerprint density at radius 2 is 0.896 bits per heavy atom. The minimum Gasteiger partial charge on any atom is -0.454 e. The van der Waals surface area contributed by atoms with Crippen LogP contribution in [0.1, 0.15) is 271 Å². The molecule has 0 aromatic heterocycles. The van der Waals surface area contributed by atoms with Crippen molar-refractivity contribution in [2.75, 3.05) is 13.2 Å². The Hall–Kier alpha value is -2.90. The summed E-state index contributed by atoms with van der Waals surface area (Å²) >= 11 is 0. The predicted octanol–water partition coefficient (Wildman–Crippen LogP) is 15.2. The minimum absolute atomic E-state index is 0.113. The van der Waals surface area contributed by atoms with Gasteiger partial charge in [0.25, 0.3) is 0 Å². The van der Waals surface area contributed by atoms with Crippen molar-refractivity contribution in [3.63, 3.8) is 0 Å². The fraction of sp³-hybridized carbons (Fsp3) is 0.788. The lowest BCUT2D eigenvalue weighted by atomic mass is 9.99. The molecule has 11 nitrogen and oxygen atoms in total. The molecule has 1 aliphatic heterocycles. The third-order valence-corrected chi connectivity index (χ3v) is 14.6. The molecule has 1 fully saturated rings. The zero-order valence-corrected chi connectivity index (χ0v) is 49.3. The first-order valence-electron chi connectivity index (χ1n) is 31.7. The summed E-state index contributed by atoms with van der Waals surface area (Å²) in [5.74, 6) is -1.23. The molecule has 8 atom stereocenters. The maximum Gasteiger partial charge on any atom is 0.306 e. The van der Waals surface area contributed by atoms with Crippen LogP contribution in [0.2, 0.25) is 0 Å². The van der Waals surface area contributed by atoms with Gasteiger partial charge in [0.1, 0.15) is 24.4 Å². The predicted molar refractivity (Wildman–Crippen MR) is 319 cm³/mol. The van der Waals surface area contributed by atoms with Gasteiger partial charge in [0.05, 0.1) is 25.4 Å². The van der Waals surface area contributed by atoms with Crippen molar-refractivity contribution in [2.24, 2.45) is 0 Å². The van der Waals surface area contributed by atoms with Crippen LogP contribution in [-0.2, 0) is 23.8 Å². The normalized spacial score (nSPS) is 19.5. The van der Waals surface area contributed by atoms with E-state index in [2.05, 4.69) is 86.8 Å². The van der Waals surface area contributed by atoms with Crippen molar-refractivity contribution in [2.45, 2.75) is 320 Å². The van der Waals surface area contributed by atoms with Gasteiger partial charge < -0.3 is 45.1 Å². The minimum atomic E-state index is -1.62. The second-order valence-corrected chi connectivity index (χ2v) is 21.8. The number of allylic oxidation sites excluding steroid dienone is 11. The first-order chi connectivity index (χ1) is 37.7. The molecule has 0 spiro atoms. The lowest BCUT2D eigenvalue weighted by molar-refractivity contribution is -0.305. The summed E-state index contributed by atoms with van der Waals surface area (Å²) in [6.07, 6.45) is 57.9. The van der Waals surface area contributed by atoms with E-state index in [1.165, 1.54) is 135 Å². The average molecular weight is 1080 g/mol. The number of esters is 1. The maximum atomic E-state index is 13.4. The van der Waals surface area contributed by atoms with Crippen LogP contribution in [0.15, 0.2) is 72.9 Å². The van der Waals surface area contributed by atoms with Gasteiger partial charge in [-0.25, -0.2) is 0 Å². The van der Waals surface area contributed by atoms with Gasteiger partial charge in [-0.1, -0.05) is 241 Å². The fourth-order valence-electron chi connectivity index (χ4n) is 9.51. The molecule has 0 radical (unpaired) electrons. The Kier molecular flexibility index (Phi) is 50.3. The maximum absolute atomic E-state index is 13.4. The van der Waals surface area contributed by atoms with Gasteiger partial charge in [-0.15, -0.1) is 0 Å². The van der Waals surface area contributed by atoms with E-state index < -0.39 is 67.4 Å². The number of hydrogen-bond acceptors (Lipinski definition) is 10. The van der Waals surface area contributed by atoms with Crippen molar-refractivity contribution in [1.82, 2.24) is 5.32 Å². The number of amides is 1. The third-order valence-electron chi connectivity index (χ3n) is 14.6. The Balaban J connectivity index is 2.72. The molecule has 77 heavy (non-hydrogen) atoms. The lowest BCUT2D eigenvalue weighted by Crippen LogP contribution is -2.61. The van der Waals surface area contributed by atoms with E-state index in [0.29, 0.717) is 12.8 Å². The molecule has 11 heteroatoms. The van der Waals surface area contributed by atoms with Gasteiger partial charge in [0, 0.05) is 6.42 Å². The molecule has 0 aromatic rings. The van der Waals surface area contributed by atoms with Gasteiger partial charge >= 0.3 is 5.97 Å². The Labute approximate surface area is 471 Å². The van der Waals surface area contributed by atoms with Crippen LogP contribution < -0.4 is 5.32 Å². The summed E-state index contributed by atoms with van der Waals surface area (Å²) in [5, 5.41) is 57.0. The zero-order valence-electron chi connectivity index (χ0n) is 49.3. The quantitative estimate of drug-likeness (QED) is 0.0195. The number of carbonyl (C=O) groups is 2. The number of hydrogen-bond donors (Lipinski definition) is 6. The second-order valence-electron chi connectivity index (χ2n) is 21.8. The van der Waals surface area contributed by atoms with Crippen LogP contribution in [0, 0.1) is 0 Å². The SMILES string of the molecule is CCCCC/C=C\C/C=C\C/C=C\C/C=C\CCCCC(O)C(=O)NC(COC1OC(CO)C(O)C(O)C1OC(=O)CCCCCCCCC/C=C/CCCCCCCC)C(O)/C=C/CCCCCCCCCCCCC. The highest BCUT2D eigenvalue weighted by Gasteiger charge is 2.47. The Morgan fingerprint density at radius 1 is 0.506 bits per heavy atom. The molecule has 6 N–H and O–H groups in total. The molecule has 0 bridgehead atoms. The average Bonchev–Trinajstić information content (AvgIpc) is 3.43.